The predicted octanol–water partition coefficient (Wildman–Crippen LogP) is 3.53. The molecule has 2 atom stereocenters. The first-order valence-electron chi connectivity index (χ1n) is 7.53. The molecule has 3 heteroatoms. The van der Waals surface area contributed by atoms with Gasteiger partial charge in [0.05, 0.1) is 0 Å². The van der Waals surface area contributed by atoms with E-state index in [0.717, 1.165) is 25.2 Å². The van der Waals surface area contributed by atoms with Gasteiger partial charge < -0.3 is 5.32 Å². The van der Waals surface area contributed by atoms with Crippen molar-refractivity contribution in [3.63, 3.8) is 0 Å². The Balaban J connectivity index is 1.89. The molecule has 2 aromatic carbocycles. The van der Waals surface area contributed by atoms with Gasteiger partial charge in [-0.05, 0) is 18.6 Å². The number of benzene rings is 2. The zero-order valence-corrected chi connectivity index (χ0v) is 12.3. The van der Waals surface area contributed by atoms with Crippen LogP contribution in [0.25, 0.3) is 0 Å². The van der Waals surface area contributed by atoms with Crippen molar-refractivity contribution >= 4 is 0 Å². The lowest BCUT2D eigenvalue weighted by atomic mass is 9.98. The molecule has 0 amide bonds. The predicted molar refractivity (Wildman–Crippen MR) is 83.6 cm³/mol. The summed E-state index contributed by atoms with van der Waals surface area (Å²) in [4.78, 5) is 2.39. The third-order valence-corrected chi connectivity index (χ3v) is 4.32. The van der Waals surface area contributed by atoms with Crippen LogP contribution in [0.2, 0.25) is 0 Å². The molecule has 0 spiro atoms. The molecule has 2 nitrogen and oxygen atoms in total. The molecule has 0 aromatic heterocycles. The van der Waals surface area contributed by atoms with Gasteiger partial charge in [0, 0.05) is 37.3 Å². The molecule has 0 saturated carbocycles. The molecular formula is C18H21FN2. The van der Waals surface area contributed by atoms with Gasteiger partial charge in [-0.3, -0.25) is 4.90 Å². The minimum Gasteiger partial charge on any atom is -0.314 e. The highest BCUT2D eigenvalue weighted by Gasteiger charge is 2.29. The summed E-state index contributed by atoms with van der Waals surface area (Å²) in [5, 5.41) is 3.45. The van der Waals surface area contributed by atoms with Crippen LogP contribution in [0.3, 0.4) is 0 Å². The van der Waals surface area contributed by atoms with Crippen LogP contribution < -0.4 is 5.32 Å². The molecule has 110 valence electrons. The molecule has 1 aliphatic heterocycles. The fourth-order valence-electron chi connectivity index (χ4n) is 3.16. The smallest absolute Gasteiger partial charge is 0.127 e. The molecule has 0 radical (unpaired) electrons. The molecule has 1 fully saturated rings. The van der Waals surface area contributed by atoms with Crippen molar-refractivity contribution in [2.45, 2.75) is 19.0 Å². The fourth-order valence-corrected chi connectivity index (χ4v) is 3.16. The second-order valence-corrected chi connectivity index (χ2v) is 5.57. The Hall–Kier alpha value is -1.71. The van der Waals surface area contributed by atoms with Gasteiger partial charge in [0.15, 0.2) is 0 Å². The first-order valence-corrected chi connectivity index (χ1v) is 7.53. The zero-order valence-electron chi connectivity index (χ0n) is 12.3. The summed E-state index contributed by atoms with van der Waals surface area (Å²) >= 11 is 0. The van der Waals surface area contributed by atoms with Crippen LogP contribution in [-0.4, -0.2) is 24.5 Å². The highest BCUT2D eigenvalue weighted by Crippen LogP contribution is 2.32. The van der Waals surface area contributed by atoms with E-state index in [0.29, 0.717) is 0 Å². The summed E-state index contributed by atoms with van der Waals surface area (Å²) in [7, 11) is 0. The van der Waals surface area contributed by atoms with Crippen LogP contribution in [0.1, 0.15) is 30.1 Å². The quantitative estimate of drug-likeness (QED) is 0.927. The second-order valence-electron chi connectivity index (χ2n) is 5.57. The number of nitrogens with one attached hydrogen (secondary N) is 1. The van der Waals surface area contributed by atoms with E-state index in [9.17, 15) is 4.39 Å². The van der Waals surface area contributed by atoms with Crippen molar-refractivity contribution in [3.8, 4) is 0 Å². The van der Waals surface area contributed by atoms with Gasteiger partial charge in [0.1, 0.15) is 5.82 Å². The van der Waals surface area contributed by atoms with Crippen molar-refractivity contribution in [1.29, 1.82) is 0 Å². The van der Waals surface area contributed by atoms with E-state index >= 15 is 0 Å². The second kappa shape index (κ2) is 6.37. The van der Waals surface area contributed by atoms with Gasteiger partial charge in [-0.25, -0.2) is 4.39 Å². The summed E-state index contributed by atoms with van der Waals surface area (Å²) in [6.45, 7) is 4.87. The summed E-state index contributed by atoms with van der Waals surface area (Å²) in [5.74, 6) is -0.115. The average molecular weight is 284 g/mol. The van der Waals surface area contributed by atoms with Crippen molar-refractivity contribution in [3.05, 3.63) is 71.5 Å². The molecule has 1 aliphatic rings. The number of hydrogen-bond donors (Lipinski definition) is 1. The van der Waals surface area contributed by atoms with Gasteiger partial charge in [0.2, 0.25) is 0 Å². The Morgan fingerprint density at radius 1 is 1.10 bits per heavy atom. The maximum atomic E-state index is 14.1. The Labute approximate surface area is 125 Å². The topological polar surface area (TPSA) is 15.3 Å². The molecule has 21 heavy (non-hydrogen) atoms. The number of halogens is 1. The lowest BCUT2D eigenvalue weighted by Gasteiger charge is -2.40. The van der Waals surface area contributed by atoms with E-state index < -0.39 is 0 Å². The number of rotatable bonds is 3. The molecular weight excluding hydrogens is 263 g/mol. The lowest BCUT2D eigenvalue weighted by Crippen LogP contribution is -2.47. The zero-order chi connectivity index (χ0) is 14.7. The lowest BCUT2D eigenvalue weighted by molar-refractivity contribution is 0.113. The number of nitrogens with zero attached hydrogens (tertiary/aromatic N) is 1. The summed E-state index contributed by atoms with van der Waals surface area (Å²) < 4.78 is 14.1. The Morgan fingerprint density at radius 2 is 1.81 bits per heavy atom. The van der Waals surface area contributed by atoms with Crippen LogP contribution in [0.15, 0.2) is 54.6 Å². The van der Waals surface area contributed by atoms with Crippen molar-refractivity contribution in [2.24, 2.45) is 0 Å². The largest absolute Gasteiger partial charge is 0.314 e. The van der Waals surface area contributed by atoms with Crippen molar-refractivity contribution < 1.29 is 4.39 Å². The maximum absolute atomic E-state index is 14.1. The molecule has 0 bridgehead atoms. The number of piperazine rings is 1. The van der Waals surface area contributed by atoms with Crippen molar-refractivity contribution in [2.75, 3.05) is 19.6 Å². The standard InChI is InChI=1S/C18H21FN2/c1-14(16-9-5-6-10-17(16)19)21-12-11-20-13-18(21)15-7-3-2-4-8-15/h2-10,14,18,20H,11-13H2,1H3. The van der Waals surface area contributed by atoms with E-state index in [4.69, 9.17) is 0 Å². The Bertz CT molecular complexity index is 585. The van der Waals surface area contributed by atoms with Crippen LogP contribution >= 0.6 is 0 Å². The van der Waals surface area contributed by atoms with Gasteiger partial charge >= 0.3 is 0 Å². The summed E-state index contributed by atoms with van der Waals surface area (Å²) in [6.07, 6.45) is 0. The third-order valence-electron chi connectivity index (χ3n) is 4.32. The average Bonchev–Trinajstić information content (AvgIpc) is 2.55. The van der Waals surface area contributed by atoms with Crippen LogP contribution in [-0.2, 0) is 0 Å². The SMILES string of the molecule is CC(c1ccccc1F)N1CCNCC1c1ccccc1. The molecule has 2 unspecified atom stereocenters. The minimum atomic E-state index is -0.115. The normalized spacial score (nSPS) is 21.1. The summed E-state index contributed by atoms with van der Waals surface area (Å²) in [6, 6.07) is 17.9. The highest BCUT2D eigenvalue weighted by molar-refractivity contribution is 5.24. The summed E-state index contributed by atoms with van der Waals surface area (Å²) in [5.41, 5.74) is 2.06. The third kappa shape index (κ3) is 2.99. The Morgan fingerprint density at radius 3 is 2.57 bits per heavy atom. The van der Waals surface area contributed by atoms with Crippen LogP contribution in [0.5, 0.6) is 0 Å². The van der Waals surface area contributed by atoms with Crippen LogP contribution in [0, 0.1) is 5.82 Å². The van der Waals surface area contributed by atoms with E-state index in [2.05, 4.69) is 41.4 Å². The molecule has 0 aliphatic carbocycles. The first kappa shape index (κ1) is 14.2. The van der Waals surface area contributed by atoms with Gasteiger partial charge in [-0.1, -0.05) is 48.5 Å². The molecule has 1 heterocycles. The van der Waals surface area contributed by atoms with E-state index in [-0.39, 0.29) is 17.9 Å². The molecule has 1 saturated heterocycles. The molecule has 1 N–H and O–H groups in total. The first-order chi connectivity index (χ1) is 10.3. The van der Waals surface area contributed by atoms with E-state index in [1.165, 1.54) is 5.56 Å². The monoisotopic (exact) mass is 284 g/mol. The van der Waals surface area contributed by atoms with Gasteiger partial charge in [0.25, 0.3) is 0 Å². The van der Waals surface area contributed by atoms with Gasteiger partial charge in [-0.15, -0.1) is 0 Å². The minimum absolute atomic E-state index is 0.0681. The van der Waals surface area contributed by atoms with Crippen LogP contribution in [0.4, 0.5) is 4.39 Å². The van der Waals surface area contributed by atoms with Crippen molar-refractivity contribution in [1.82, 2.24) is 10.2 Å². The van der Waals surface area contributed by atoms with E-state index in [1.807, 2.05) is 18.2 Å². The fraction of sp³-hybridized carbons (Fsp3) is 0.333. The van der Waals surface area contributed by atoms with E-state index in [1.54, 1.807) is 12.1 Å². The molecule has 3 rings (SSSR count). The van der Waals surface area contributed by atoms with Gasteiger partial charge in [-0.2, -0.15) is 0 Å². The molecule has 2 aromatic rings. The number of hydrogen-bond acceptors (Lipinski definition) is 2. The maximum Gasteiger partial charge on any atom is 0.127 e. The highest BCUT2D eigenvalue weighted by atomic mass is 19.1. The Kier molecular flexibility index (Phi) is 4.32.